The molecule has 0 aliphatic rings. The number of allylic oxidation sites excluding steroid dienone is 1. The lowest BCUT2D eigenvalue weighted by Gasteiger charge is -2.11. The van der Waals surface area contributed by atoms with Gasteiger partial charge in [0.25, 0.3) is 0 Å². The van der Waals surface area contributed by atoms with Crippen LogP contribution in [-0.2, 0) is 9.53 Å². The Morgan fingerprint density at radius 2 is 1.88 bits per heavy atom. The molecule has 0 unspecified atom stereocenters. The van der Waals surface area contributed by atoms with Crippen molar-refractivity contribution in [3.63, 3.8) is 0 Å². The van der Waals surface area contributed by atoms with Crippen LogP contribution in [0.3, 0.4) is 0 Å². The van der Waals surface area contributed by atoms with Crippen LogP contribution in [0.1, 0.15) is 25.8 Å². The number of hydrogen-bond donors (Lipinski definition) is 1. The monoisotopic (exact) mass is 220 g/mol. The molecule has 1 aromatic rings. The SMILES string of the molecule is CCO/C(CC)=C(\C(=O)O)c1ccccc1. The molecule has 86 valence electrons. The Balaban J connectivity index is 3.22. The second kappa shape index (κ2) is 5.95. The molecule has 3 heteroatoms. The minimum atomic E-state index is -0.948. The summed E-state index contributed by atoms with van der Waals surface area (Å²) in [6, 6.07) is 9.04. The lowest BCUT2D eigenvalue weighted by atomic mass is 10.0. The van der Waals surface area contributed by atoms with Gasteiger partial charge in [-0.05, 0) is 12.5 Å². The van der Waals surface area contributed by atoms with Crippen molar-refractivity contribution in [1.82, 2.24) is 0 Å². The minimum Gasteiger partial charge on any atom is -0.497 e. The first-order chi connectivity index (χ1) is 7.70. The number of benzene rings is 1. The van der Waals surface area contributed by atoms with Gasteiger partial charge in [-0.1, -0.05) is 37.3 Å². The highest BCUT2D eigenvalue weighted by atomic mass is 16.5. The third kappa shape index (κ3) is 2.86. The summed E-state index contributed by atoms with van der Waals surface area (Å²) < 4.78 is 5.37. The van der Waals surface area contributed by atoms with Gasteiger partial charge < -0.3 is 9.84 Å². The Labute approximate surface area is 95.4 Å². The summed E-state index contributed by atoms with van der Waals surface area (Å²) in [7, 11) is 0. The first kappa shape index (κ1) is 12.3. The smallest absolute Gasteiger partial charge is 0.339 e. The van der Waals surface area contributed by atoms with Crippen molar-refractivity contribution in [2.75, 3.05) is 6.61 Å². The molecule has 1 aromatic carbocycles. The number of aliphatic carboxylic acids is 1. The van der Waals surface area contributed by atoms with E-state index in [0.29, 0.717) is 24.4 Å². The number of hydrogen-bond acceptors (Lipinski definition) is 2. The molecular formula is C13H16O3. The fourth-order valence-electron chi connectivity index (χ4n) is 1.53. The Morgan fingerprint density at radius 1 is 1.25 bits per heavy atom. The van der Waals surface area contributed by atoms with E-state index in [4.69, 9.17) is 4.74 Å². The predicted molar refractivity (Wildman–Crippen MR) is 62.9 cm³/mol. The number of carbonyl (C=O) groups is 1. The summed E-state index contributed by atoms with van der Waals surface area (Å²) in [5.41, 5.74) is 0.935. The lowest BCUT2D eigenvalue weighted by molar-refractivity contribution is -0.130. The molecule has 0 spiro atoms. The minimum absolute atomic E-state index is 0.255. The van der Waals surface area contributed by atoms with E-state index in [1.807, 2.05) is 32.0 Å². The molecular weight excluding hydrogens is 204 g/mol. The van der Waals surface area contributed by atoms with Crippen LogP contribution < -0.4 is 0 Å². The molecule has 0 heterocycles. The van der Waals surface area contributed by atoms with E-state index in [1.165, 1.54) is 0 Å². The van der Waals surface area contributed by atoms with Crippen molar-refractivity contribution in [3.8, 4) is 0 Å². The summed E-state index contributed by atoms with van der Waals surface area (Å²) in [6.07, 6.45) is 0.574. The predicted octanol–water partition coefficient (Wildman–Crippen LogP) is 2.93. The van der Waals surface area contributed by atoms with Gasteiger partial charge in [0.2, 0.25) is 0 Å². The van der Waals surface area contributed by atoms with E-state index < -0.39 is 5.97 Å². The molecule has 0 saturated heterocycles. The van der Waals surface area contributed by atoms with Crippen LogP contribution >= 0.6 is 0 Å². The largest absolute Gasteiger partial charge is 0.497 e. The van der Waals surface area contributed by atoms with E-state index in [0.717, 1.165) is 0 Å². The van der Waals surface area contributed by atoms with Gasteiger partial charge in [-0.3, -0.25) is 0 Å². The van der Waals surface area contributed by atoms with Crippen molar-refractivity contribution >= 4 is 11.5 Å². The van der Waals surface area contributed by atoms with Gasteiger partial charge in [-0.2, -0.15) is 0 Å². The molecule has 0 amide bonds. The van der Waals surface area contributed by atoms with Crippen molar-refractivity contribution in [3.05, 3.63) is 41.7 Å². The Hall–Kier alpha value is -1.77. The molecule has 0 fully saturated rings. The van der Waals surface area contributed by atoms with Gasteiger partial charge in [0.05, 0.1) is 6.61 Å². The molecule has 0 aliphatic carbocycles. The third-order valence-electron chi connectivity index (χ3n) is 2.19. The summed E-state index contributed by atoms with van der Waals surface area (Å²) in [6.45, 7) is 4.21. The molecule has 0 aromatic heterocycles. The standard InChI is InChI=1S/C13H16O3/c1-3-11(16-4-2)12(13(14)15)10-8-6-5-7-9-10/h5-9H,3-4H2,1-2H3,(H,14,15)/b12-11-. The lowest BCUT2D eigenvalue weighted by Crippen LogP contribution is -2.06. The van der Waals surface area contributed by atoms with Gasteiger partial charge in [0.15, 0.2) is 0 Å². The highest BCUT2D eigenvalue weighted by molar-refractivity contribution is 6.16. The molecule has 0 radical (unpaired) electrons. The highest BCUT2D eigenvalue weighted by Gasteiger charge is 2.16. The van der Waals surface area contributed by atoms with E-state index in [-0.39, 0.29) is 5.57 Å². The van der Waals surface area contributed by atoms with Crippen molar-refractivity contribution in [1.29, 1.82) is 0 Å². The summed E-state index contributed by atoms with van der Waals surface area (Å²) in [4.78, 5) is 11.2. The van der Waals surface area contributed by atoms with Crippen LogP contribution in [0, 0.1) is 0 Å². The first-order valence-corrected chi connectivity index (χ1v) is 5.35. The van der Waals surface area contributed by atoms with Gasteiger partial charge in [-0.25, -0.2) is 4.79 Å². The fraction of sp³-hybridized carbons (Fsp3) is 0.308. The molecule has 3 nitrogen and oxygen atoms in total. The zero-order valence-electron chi connectivity index (χ0n) is 9.56. The van der Waals surface area contributed by atoms with E-state index in [2.05, 4.69) is 0 Å². The summed E-state index contributed by atoms with van der Waals surface area (Å²) in [5.74, 6) is -0.419. The second-order valence-corrected chi connectivity index (χ2v) is 3.26. The van der Waals surface area contributed by atoms with Crippen LogP contribution in [0.4, 0.5) is 0 Å². The molecule has 1 N–H and O–H groups in total. The number of carboxylic acid groups (broad SMARTS) is 1. The number of rotatable bonds is 5. The molecule has 1 rings (SSSR count). The Morgan fingerprint density at radius 3 is 2.31 bits per heavy atom. The zero-order valence-corrected chi connectivity index (χ0v) is 9.56. The average molecular weight is 220 g/mol. The highest BCUT2D eigenvalue weighted by Crippen LogP contribution is 2.21. The third-order valence-corrected chi connectivity index (χ3v) is 2.19. The van der Waals surface area contributed by atoms with Crippen molar-refractivity contribution in [2.24, 2.45) is 0 Å². The van der Waals surface area contributed by atoms with Crippen LogP contribution in [-0.4, -0.2) is 17.7 Å². The number of ether oxygens (including phenoxy) is 1. The van der Waals surface area contributed by atoms with Crippen molar-refractivity contribution < 1.29 is 14.6 Å². The molecule has 0 saturated carbocycles. The molecule has 0 atom stereocenters. The van der Waals surface area contributed by atoms with Crippen LogP contribution in [0.2, 0.25) is 0 Å². The fourth-order valence-corrected chi connectivity index (χ4v) is 1.53. The van der Waals surface area contributed by atoms with E-state index in [9.17, 15) is 9.90 Å². The average Bonchev–Trinajstić information content (AvgIpc) is 2.29. The Kier molecular flexibility index (Phi) is 4.58. The van der Waals surface area contributed by atoms with E-state index >= 15 is 0 Å². The van der Waals surface area contributed by atoms with Crippen LogP contribution in [0.15, 0.2) is 36.1 Å². The van der Waals surface area contributed by atoms with Crippen LogP contribution in [0.25, 0.3) is 5.57 Å². The summed E-state index contributed by atoms with van der Waals surface area (Å²) >= 11 is 0. The van der Waals surface area contributed by atoms with Gasteiger partial charge >= 0.3 is 5.97 Å². The number of carboxylic acids is 1. The van der Waals surface area contributed by atoms with E-state index in [1.54, 1.807) is 12.1 Å². The van der Waals surface area contributed by atoms with Crippen LogP contribution in [0.5, 0.6) is 0 Å². The maximum absolute atomic E-state index is 11.2. The topological polar surface area (TPSA) is 46.5 Å². The quantitative estimate of drug-likeness (QED) is 0.613. The zero-order chi connectivity index (χ0) is 12.0. The molecule has 16 heavy (non-hydrogen) atoms. The second-order valence-electron chi connectivity index (χ2n) is 3.26. The first-order valence-electron chi connectivity index (χ1n) is 5.35. The van der Waals surface area contributed by atoms with Gasteiger partial charge in [0.1, 0.15) is 11.3 Å². The van der Waals surface area contributed by atoms with Gasteiger partial charge in [-0.15, -0.1) is 0 Å². The van der Waals surface area contributed by atoms with Gasteiger partial charge in [0, 0.05) is 6.42 Å². The maximum atomic E-state index is 11.2. The van der Waals surface area contributed by atoms with Crippen molar-refractivity contribution in [2.45, 2.75) is 20.3 Å². The molecule has 0 bridgehead atoms. The molecule has 0 aliphatic heterocycles. The Bertz CT molecular complexity index is 379. The summed E-state index contributed by atoms with van der Waals surface area (Å²) in [5, 5.41) is 9.22. The maximum Gasteiger partial charge on any atom is 0.339 e. The normalized spacial score (nSPS) is 11.9.